The van der Waals surface area contributed by atoms with Gasteiger partial charge in [0.05, 0.1) is 26.4 Å². The van der Waals surface area contributed by atoms with Gasteiger partial charge in [0.15, 0.2) is 12.6 Å². The van der Waals surface area contributed by atoms with Crippen molar-refractivity contribution >= 4 is 0 Å². The smallest absolute Gasteiger partial charge is 0.186 e. The average Bonchev–Trinajstić information content (AvgIpc) is 3.30. The summed E-state index contributed by atoms with van der Waals surface area (Å²) in [5.74, 6) is 0. The minimum Gasteiger partial charge on any atom is -0.394 e. The van der Waals surface area contributed by atoms with E-state index in [-0.39, 0.29) is 19.8 Å². The van der Waals surface area contributed by atoms with E-state index in [9.17, 15) is 20.4 Å². The van der Waals surface area contributed by atoms with Crippen molar-refractivity contribution in [3.05, 3.63) is 71.8 Å². The van der Waals surface area contributed by atoms with Crippen LogP contribution in [0.4, 0.5) is 0 Å². The van der Waals surface area contributed by atoms with Gasteiger partial charge in [-0.1, -0.05) is 60.7 Å². The van der Waals surface area contributed by atoms with E-state index >= 15 is 0 Å². The summed E-state index contributed by atoms with van der Waals surface area (Å²) in [5, 5.41) is 39.8. The molecule has 2 aliphatic rings. The van der Waals surface area contributed by atoms with E-state index in [4.69, 9.17) is 23.7 Å². The van der Waals surface area contributed by atoms with E-state index < -0.39 is 55.8 Å². The largest absolute Gasteiger partial charge is 0.394 e. The molecule has 180 valence electrons. The molecule has 2 fully saturated rings. The molecule has 0 aromatic heterocycles. The van der Waals surface area contributed by atoms with Gasteiger partial charge in [-0.25, -0.2) is 0 Å². The minimum absolute atomic E-state index is 0.0890. The summed E-state index contributed by atoms with van der Waals surface area (Å²) in [7, 11) is 0. The van der Waals surface area contributed by atoms with Crippen LogP contribution in [0.2, 0.25) is 0 Å². The molecule has 2 heterocycles. The SMILES string of the molecule is OC[C@H]1O[C@H](OC[C@H]2O[C@H](O)[C@@H](OCc3ccccc3)[C@@H]2OCc2ccccc2)[C@@H](O)[C@@H]1O. The van der Waals surface area contributed by atoms with Crippen LogP contribution in [0, 0.1) is 0 Å². The molecule has 0 bridgehead atoms. The highest BCUT2D eigenvalue weighted by molar-refractivity contribution is 5.14. The van der Waals surface area contributed by atoms with E-state index in [1.54, 1.807) is 0 Å². The standard InChI is InChI=1S/C24H30O9/c25-11-17-19(26)20(27)24(33-17)31-14-18-21(29-12-15-7-3-1-4-8-15)22(23(28)32-18)30-13-16-9-5-2-6-10-16/h1-10,17-28H,11-14H2/t17-,18-,19-,20+,21-,22+,23+,24+/m1/s1. The van der Waals surface area contributed by atoms with E-state index in [1.807, 2.05) is 60.7 Å². The maximum absolute atomic E-state index is 10.5. The first-order chi connectivity index (χ1) is 16.1. The predicted molar refractivity (Wildman–Crippen MR) is 115 cm³/mol. The predicted octanol–water partition coefficient (Wildman–Crippen LogP) is 0.330. The molecule has 0 radical (unpaired) electrons. The molecule has 0 saturated carbocycles. The zero-order valence-electron chi connectivity index (χ0n) is 18.1. The van der Waals surface area contributed by atoms with Gasteiger partial charge >= 0.3 is 0 Å². The molecular formula is C24H30O9. The highest BCUT2D eigenvalue weighted by Gasteiger charge is 2.48. The van der Waals surface area contributed by atoms with E-state index in [2.05, 4.69) is 0 Å². The Balaban J connectivity index is 1.41. The van der Waals surface area contributed by atoms with E-state index in [0.717, 1.165) is 11.1 Å². The molecule has 33 heavy (non-hydrogen) atoms. The lowest BCUT2D eigenvalue weighted by Gasteiger charge is -2.25. The molecule has 4 N–H and O–H groups in total. The molecular weight excluding hydrogens is 432 g/mol. The van der Waals surface area contributed by atoms with Gasteiger partial charge in [0.25, 0.3) is 0 Å². The van der Waals surface area contributed by atoms with Crippen molar-refractivity contribution in [2.75, 3.05) is 13.2 Å². The number of benzene rings is 2. The summed E-state index contributed by atoms with van der Waals surface area (Å²) < 4.78 is 28.7. The van der Waals surface area contributed by atoms with Crippen molar-refractivity contribution in [2.24, 2.45) is 0 Å². The van der Waals surface area contributed by atoms with Crippen LogP contribution in [0.15, 0.2) is 60.7 Å². The van der Waals surface area contributed by atoms with Crippen LogP contribution in [0.1, 0.15) is 11.1 Å². The van der Waals surface area contributed by atoms with Crippen LogP contribution in [-0.2, 0) is 36.9 Å². The summed E-state index contributed by atoms with van der Waals surface area (Å²) in [6, 6.07) is 19.1. The zero-order valence-corrected chi connectivity index (χ0v) is 18.1. The van der Waals surface area contributed by atoms with Gasteiger partial charge < -0.3 is 44.1 Å². The molecule has 2 aromatic rings. The molecule has 0 amide bonds. The second-order valence-electron chi connectivity index (χ2n) is 8.13. The third kappa shape index (κ3) is 5.96. The quantitative estimate of drug-likeness (QED) is 0.395. The number of aliphatic hydroxyl groups excluding tert-OH is 4. The molecule has 2 aromatic carbocycles. The van der Waals surface area contributed by atoms with Crippen LogP contribution >= 0.6 is 0 Å². The Morgan fingerprint density at radius 3 is 1.79 bits per heavy atom. The first-order valence-electron chi connectivity index (χ1n) is 11.0. The van der Waals surface area contributed by atoms with Crippen molar-refractivity contribution < 1.29 is 44.1 Å². The zero-order chi connectivity index (χ0) is 23.2. The van der Waals surface area contributed by atoms with Crippen LogP contribution in [-0.4, -0.2) is 82.8 Å². The Labute approximate surface area is 192 Å². The van der Waals surface area contributed by atoms with Crippen LogP contribution in [0.25, 0.3) is 0 Å². The second-order valence-corrected chi connectivity index (χ2v) is 8.13. The second kappa shape index (κ2) is 11.5. The maximum atomic E-state index is 10.5. The topological polar surface area (TPSA) is 127 Å². The number of rotatable bonds is 10. The van der Waals surface area contributed by atoms with Gasteiger partial charge in [-0.05, 0) is 11.1 Å². The fourth-order valence-corrected chi connectivity index (χ4v) is 3.95. The monoisotopic (exact) mass is 462 g/mol. The van der Waals surface area contributed by atoms with Crippen LogP contribution in [0.3, 0.4) is 0 Å². The van der Waals surface area contributed by atoms with Crippen molar-refractivity contribution in [3.8, 4) is 0 Å². The molecule has 2 saturated heterocycles. The van der Waals surface area contributed by atoms with Gasteiger partial charge in [-0.3, -0.25) is 0 Å². The van der Waals surface area contributed by atoms with Gasteiger partial charge in [-0.15, -0.1) is 0 Å². The minimum atomic E-state index is -1.32. The summed E-state index contributed by atoms with van der Waals surface area (Å²) in [6.45, 7) is -0.0000885. The van der Waals surface area contributed by atoms with Crippen molar-refractivity contribution in [1.82, 2.24) is 0 Å². The fourth-order valence-electron chi connectivity index (χ4n) is 3.95. The highest BCUT2D eigenvalue weighted by Crippen LogP contribution is 2.29. The van der Waals surface area contributed by atoms with E-state index in [1.165, 1.54) is 0 Å². The highest BCUT2D eigenvalue weighted by atomic mass is 16.7. The molecule has 0 spiro atoms. The third-order valence-corrected chi connectivity index (χ3v) is 5.78. The Kier molecular flexibility index (Phi) is 8.42. The van der Waals surface area contributed by atoms with Crippen molar-refractivity contribution in [1.29, 1.82) is 0 Å². The molecule has 9 nitrogen and oxygen atoms in total. The number of hydrogen-bond donors (Lipinski definition) is 4. The molecule has 9 heteroatoms. The first kappa shape index (κ1) is 24.2. The van der Waals surface area contributed by atoms with Gasteiger partial charge in [0.2, 0.25) is 0 Å². The third-order valence-electron chi connectivity index (χ3n) is 5.78. The summed E-state index contributed by atoms with van der Waals surface area (Å²) in [6.07, 6.45) is -8.05. The normalized spacial score (nSPS) is 34.1. The Morgan fingerprint density at radius 2 is 1.24 bits per heavy atom. The number of aliphatic hydroxyl groups is 4. The van der Waals surface area contributed by atoms with Crippen LogP contribution in [0.5, 0.6) is 0 Å². The van der Waals surface area contributed by atoms with Crippen molar-refractivity contribution in [2.45, 2.75) is 62.4 Å². The lowest BCUT2D eigenvalue weighted by molar-refractivity contribution is -0.200. The van der Waals surface area contributed by atoms with Gasteiger partial charge in [0.1, 0.15) is 36.6 Å². The first-order valence-corrected chi connectivity index (χ1v) is 11.0. The molecule has 0 aliphatic carbocycles. The molecule has 2 aliphatic heterocycles. The van der Waals surface area contributed by atoms with E-state index in [0.29, 0.717) is 0 Å². The molecule has 8 atom stereocenters. The average molecular weight is 462 g/mol. The number of hydrogen-bond acceptors (Lipinski definition) is 9. The lowest BCUT2D eigenvalue weighted by atomic mass is 10.1. The van der Waals surface area contributed by atoms with Gasteiger partial charge in [-0.2, -0.15) is 0 Å². The van der Waals surface area contributed by atoms with Crippen LogP contribution < -0.4 is 0 Å². The lowest BCUT2D eigenvalue weighted by Crippen LogP contribution is -2.40. The fraction of sp³-hybridized carbons (Fsp3) is 0.500. The summed E-state index contributed by atoms with van der Waals surface area (Å²) >= 11 is 0. The molecule has 0 unspecified atom stereocenters. The van der Waals surface area contributed by atoms with Gasteiger partial charge in [0, 0.05) is 0 Å². The maximum Gasteiger partial charge on any atom is 0.186 e. The summed E-state index contributed by atoms with van der Waals surface area (Å²) in [5.41, 5.74) is 1.89. The van der Waals surface area contributed by atoms with Crippen molar-refractivity contribution in [3.63, 3.8) is 0 Å². The Bertz CT molecular complexity index is 836. The Morgan fingerprint density at radius 1 is 0.667 bits per heavy atom. The Hall–Kier alpha value is -1.92. The molecule has 4 rings (SSSR count). The summed E-state index contributed by atoms with van der Waals surface area (Å²) in [4.78, 5) is 0. The number of ether oxygens (including phenoxy) is 5.